The third-order valence-electron chi connectivity index (χ3n) is 6.20. The predicted octanol–water partition coefficient (Wildman–Crippen LogP) is 1.13. The van der Waals surface area contributed by atoms with Gasteiger partial charge in [0.15, 0.2) is 5.78 Å². The molecule has 190 valence electrons. The number of anilines is 1. The molecule has 3 aromatic rings. The zero-order valence-electron chi connectivity index (χ0n) is 19.6. The number of sulfonamides is 1. The van der Waals surface area contributed by atoms with Gasteiger partial charge in [-0.05, 0) is 29.8 Å². The number of hydrogen-bond donors (Lipinski definition) is 1. The van der Waals surface area contributed by atoms with Crippen LogP contribution in [0.15, 0.2) is 73.6 Å². The van der Waals surface area contributed by atoms with E-state index in [1.165, 1.54) is 28.1 Å². The van der Waals surface area contributed by atoms with E-state index in [2.05, 4.69) is 15.9 Å². The summed E-state index contributed by atoms with van der Waals surface area (Å²) in [5, 5.41) is 0. The summed E-state index contributed by atoms with van der Waals surface area (Å²) in [6, 6.07) is 15.5. The molecule has 0 radical (unpaired) electrons. The number of nitrogens with two attached hydrogens (primary N) is 1. The molecule has 0 spiro atoms. The third kappa shape index (κ3) is 5.21. The van der Waals surface area contributed by atoms with Gasteiger partial charge in [0.2, 0.25) is 10.0 Å². The Morgan fingerprint density at radius 3 is 2.19 bits per heavy atom. The molecule has 0 aliphatic carbocycles. The van der Waals surface area contributed by atoms with Crippen molar-refractivity contribution in [2.45, 2.75) is 11.4 Å². The second-order valence-corrected chi connectivity index (χ2v) is 11.4. The molecule has 36 heavy (non-hydrogen) atoms. The lowest BCUT2D eigenvalue weighted by molar-refractivity contribution is 0.0899. The Morgan fingerprint density at radius 2 is 1.58 bits per heavy atom. The highest BCUT2D eigenvalue weighted by Gasteiger charge is 2.30. The minimum Gasteiger partial charge on any atom is -0.384 e. The number of halogens is 1. The normalized spacial score (nSPS) is 15.2. The van der Waals surface area contributed by atoms with Crippen LogP contribution in [0, 0.1) is 0 Å². The minimum atomic E-state index is -3.65. The maximum atomic E-state index is 13.2. The van der Waals surface area contributed by atoms with Gasteiger partial charge in [0.05, 0.1) is 18.0 Å². The average molecular weight is 576 g/mol. The first kappa shape index (κ1) is 26.0. The monoisotopic (exact) mass is 575 g/mol. The summed E-state index contributed by atoms with van der Waals surface area (Å²) in [7, 11) is -2.34. The molecule has 1 aliphatic rings. The van der Waals surface area contributed by atoms with Gasteiger partial charge in [0.1, 0.15) is 11.4 Å². The van der Waals surface area contributed by atoms with Crippen LogP contribution in [0.1, 0.15) is 15.9 Å². The Bertz CT molecular complexity index is 1490. The summed E-state index contributed by atoms with van der Waals surface area (Å²) in [6.45, 7) is 1.03. The van der Waals surface area contributed by atoms with Gasteiger partial charge >= 0.3 is 5.69 Å². The van der Waals surface area contributed by atoms with E-state index in [9.17, 15) is 22.8 Å². The molecular formula is C24H26BrN5O5S. The van der Waals surface area contributed by atoms with Crippen LogP contribution in [0.5, 0.6) is 0 Å². The quantitative estimate of drug-likeness (QED) is 0.418. The molecule has 10 nitrogen and oxygen atoms in total. The van der Waals surface area contributed by atoms with E-state index in [1.54, 1.807) is 17.0 Å². The largest absolute Gasteiger partial charge is 0.384 e. The number of carbonyl (C=O) groups is 1. The molecular weight excluding hydrogens is 550 g/mol. The maximum absolute atomic E-state index is 13.2. The van der Waals surface area contributed by atoms with Crippen molar-refractivity contribution in [3.05, 3.63) is 91.0 Å². The number of ketones is 1. The molecule has 1 fully saturated rings. The zero-order chi connectivity index (χ0) is 26.0. The number of rotatable bonds is 7. The SMILES string of the molecule is Cn1c(=O)c(C(=O)CN2CCN(S(=O)(=O)c3ccc(Br)cc3)CC2)c(N)n(Cc2ccccc2)c1=O. The second-order valence-electron chi connectivity index (χ2n) is 8.54. The van der Waals surface area contributed by atoms with E-state index in [1.807, 2.05) is 30.3 Å². The second kappa shape index (κ2) is 10.5. The number of piperazine rings is 1. The van der Waals surface area contributed by atoms with Crippen LogP contribution >= 0.6 is 15.9 Å². The number of benzene rings is 2. The first-order valence-corrected chi connectivity index (χ1v) is 13.5. The summed E-state index contributed by atoms with van der Waals surface area (Å²) in [6.07, 6.45) is 0. The Morgan fingerprint density at radius 1 is 0.972 bits per heavy atom. The standard InChI is InChI=1S/C24H26BrN5O5S/c1-27-23(32)21(22(26)30(24(27)33)15-17-5-3-2-4-6-17)20(31)16-28-11-13-29(14-12-28)36(34,35)19-9-7-18(25)8-10-19/h2-10H,11-16,26H2,1H3. The molecule has 2 aromatic carbocycles. The number of nitrogens with zero attached hydrogens (tertiary/aromatic N) is 4. The van der Waals surface area contributed by atoms with E-state index in [0.717, 1.165) is 14.6 Å². The van der Waals surface area contributed by atoms with Crippen molar-refractivity contribution in [1.29, 1.82) is 0 Å². The van der Waals surface area contributed by atoms with Crippen LogP contribution in [-0.2, 0) is 23.6 Å². The summed E-state index contributed by atoms with van der Waals surface area (Å²) >= 11 is 3.30. The number of hydrogen-bond acceptors (Lipinski definition) is 7. The summed E-state index contributed by atoms with van der Waals surface area (Å²) in [4.78, 5) is 40.7. The van der Waals surface area contributed by atoms with E-state index in [-0.39, 0.29) is 42.5 Å². The van der Waals surface area contributed by atoms with Crippen LogP contribution in [0.3, 0.4) is 0 Å². The minimum absolute atomic E-state index is 0.116. The smallest absolute Gasteiger partial charge is 0.332 e. The van der Waals surface area contributed by atoms with Gasteiger partial charge in [-0.1, -0.05) is 46.3 Å². The van der Waals surface area contributed by atoms with Crippen molar-refractivity contribution in [3.63, 3.8) is 0 Å². The number of carbonyl (C=O) groups excluding carboxylic acids is 1. The molecule has 1 saturated heterocycles. The highest BCUT2D eigenvalue weighted by Crippen LogP contribution is 2.20. The lowest BCUT2D eigenvalue weighted by Gasteiger charge is -2.33. The van der Waals surface area contributed by atoms with Gasteiger partial charge in [-0.2, -0.15) is 4.31 Å². The van der Waals surface area contributed by atoms with Crippen LogP contribution in [0.25, 0.3) is 0 Å². The molecule has 0 bridgehead atoms. The van der Waals surface area contributed by atoms with Crippen molar-refractivity contribution in [3.8, 4) is 0 Å². The lowest BCUT2D eigenvalue weighted by atomic mass is 10.1. The fourth-order valence-corrected chi connectivity index (χ4v) is 5.82. The lowest BCUT2D eigenvalue weighted by Crippen LogP contribution is -2.50. The Kier molecular flexibility index (Phi) is 7.59. The van der Waals surface area contributed by atoms with Crippen molar-refractivity contribution < 1.29 is 13.2 Å². The van der Waals surface area contributed by atoms with Crippen molar-refractivity contribution in [1.82, 2.24) is 18.3 Å². The van der Waals surface area contributed by atoms with Gasteiger partial charge < -0.3 is 5.73 Å². The van der Waals surface area contributed by atoms with E-state index < -0.39 is 27.1 Å². The van der Waals surface area contributed by atoms with Crippen molar-refractivity contribution in [2.75, 3.05) is 38.5 Å². The van der Waals surface area contributed by atoms with Crippen molar-refractivity contribution >= 4 is 37.6 Å². The molecule has 0 atom stereocenters. The zero-order valence-corrected chi connectivity index (χ0v) is 22.0. The summed E-state index contributed by atoms with van der Waals surface area (Å²) in [5.74, 6) is -0.687. The Balaban J connectivity index is 1.50. The van der Waals surface area contributed by atoms with Gasteiger partial charge in [-0.3, -0.25) is 23.6 Å². The summed E-state index contributed by atoms with van der Waals surface area (Å²) < 4.78 is 30.1. The third-order valence-corrected chi connectivity index (χ3v) is 8.64. The number of aromatic nitrogens is 2. The van der Waals surface area contributed by atoms with Gasteiger partial charge in [0.25, 0.3) is 5.56 Å². The summed E-state index contributed by atoms with van der Waals surface area (Å²) in [5.41, 5.74) is 5.39. The van der Waals surface area contributed by atoms with Crippen LogP contribution in [-0.4, -0.2) is 65.3 Å². The highest BCUT2D eigenvalue weighted by atomic mass is 79.9. The fourth-order valence-electron chi connectivity index (χ4n) is 4.13. The number of nitrogen functional groups attached to an aromatic ring is 1. The topological polar surface area (TPSA) is 128 Å². The highest BCUT2D eigenvalue weighted by molar-refractivity contribution is 9.10. The van der Waals surface area contributed by atoms with E-state index in [0.29, 0.717) is 13.1 Å². The Labute approximate surface area is 216 Å². The van der Waals surface area contributed by atoms with E-state index >= 15 is 0 Å². The molecule has 2 heterocycles. The number of Topliss-reactive ketones (excluding diaryl/α,β-unsaturated/α-hetero) is 1. The van der Waals surface area contributed by atoms with Gasteiger partial charge in [-0.15, -0.1) is 0 Å². The molecule has 1 aliphatic heterocycles. The first-order chi connectivity index (χ1) is 17.1. The molecule has 12 heteroatoms. The predicted molar refractivity (Wildman–Crippen MR) is 140 cm³/mol. The first-order valence-electron chi connectivity index (χ1n) is 11.2. The molecule has 0 saturated carbocycles. The Hall–Kier alpha value is -3.06. The molecule has 1 aromatic heterocycles. The van der Waals surface area contributed by atoms with Crippen molar-refractivity contribution in [2.24, 2.45) is 7.05 Å². The van der Waals surface area contributed by atoms with Crippen LogP contribution < -0.4 is 17.0 Å². The molecule has 0 amide bonds. The van der Waals surface area contributed by atoms with Crippen LogP contribution in [0.4, 0.5) is 5.82 Å². The van der Waals surface area contributed by atoms with Gasteiger partial charge in [0, 0.05) is 37.7 Å². The molecule has 4 rings (SSSR count). The van der Waals surface area contributed by atoms with Crippen LogP contribution in [0.2, 0.25) is 0 Å². The maximum Gasteiger partial charge on any atom is 0.332 e. The fraction of sp³-hybridized carbons (Fsp3) is 0.292. The molecule has 2 N–H and O–H groups in total. The molecule has 0 unspecified atom stereocenters. The average Bonchev–Trinajstić information content (AvgIpc) is 2.87. The van der Waals surface area contributed by atoms with E-state index in [4.69, 9.17) is 5.73 Å². The van der Waals surface area contributed by atoms with Gasteiger partial charge in [-0.25, -0.2) is 13.2 Å².